The monoisotopic (exact) mass is 794 g/mol. The molecule has 0 amide bonds. The molecule has 58 heavy (non-hydrogen) atoms. The Morgan fingerprint density at radius 2 is 0.966 bits per heavy atom. The second-order valence-electron chi connectivity index (χ2n) is 13.6. The van der Waals surface area contributed by atoms with Crippen molar-refractivity contribution in [3.8, 4) is 11.4 Å². The molecule has 0 bridgehead atoms. The highest BCUT2D eigenvalue weighted by Crippen LogP contribution is 2.47. The normalized spacial score (nSPS) is 17.4. The van der Waals surface area contributed by atoms with Gasteiger partial charge in [-0.15, -0.1) is 11.3 Å². The third kappa shape index (κ3) is 4.70. The molecular weight excluding hydrogens is 737 g/mol. The molecule has 9 aromatic carbocycles. The summed E-state index contributed by atoms with van der Waals surface area (Å²) in [7, 11) is -5.33. The van der Waals surface area contributed by atoms with E-state index in [-0.39, 0.29) is 38.4 Å². The lowest BCUT2D eigenvalue weighted by Crippen LogP contribution is -2.74. The predicted molar refractivity (Wildman–Crippen MR) is 252 cm³/mol. The summed E-state index contributed by atoms with van der Waals surface area (Å²) >= 11 is 1.25. The molecule has 0 fully saturated rings. The molecule has 2 nitrogen and oxygen atoms in total. The Labute approximate surface area is 372 Å². The van der Waals surface area contributed by atoms with Gasteiger partial charge in [0.25, 0.3) is 0 Å². The van der Waals surface area contributed by atoms with Gasteiger partial charge in [-0.1, -0.05) is 175 Å². The minimum atomic E-state index is -5.33. The van der Waals surface area contributed by atoms with Crippen molar-refractivity contribution >= 4 is 104 Å². The minimum Gasteiger partial charge on any atom is -0.309 e. The Kier molecular flexibility index (Phi) is 4.06. The maximum atomic E-state index is 10.3. The zero-order valence-electron chi connectivity index (χ0n) is 51.9. The first-order valence-electron chi connectivity index (χ1n) is 29.1. The topological polar surface area (TPSA) is 9.86 Å². The lowest BCUT2D eigenvalue weighted by Gasteiger charge is -2.34. The highest BCUT2D eigenvalue weighted by atomic mass is 32.1. The summed E-state index contributed by atoms with van der Waals surface area (Å²) in [6, 6.07) is 7.26. The third-order valence-corrected chi connectivity index (χ3v) is 16.1. The van der Waals surface area contributed by atoms with Gasteiger partial charge in [0.1, 0.15) is 0 Å². The van der Waals surface area contributed by atoms with E-state index < -0.39 is 157 Å². The average molecular weight is 795 g/mol. The van der Waals surface area contributed by atoms with Crippen LogP contribution in [0.1, 0.15) is 30.2 Å². The van der Waals surface area contributed by atoms with Crippen molar-refractivity contribution in [2.24, 2.45) is 0 Å². The summed E-state index contributed by atoms with van der Waals surface area (Å²) in [6.07, 6.45) is 0. The summed E-state index contributed by atoms with van der Waals surface area (Å²) in [4.78, 5) is 0. The standard InChI is InChI=1S/C54H36N2SSi/c1-4-18-38(19-5-1)58(39-20-6-2-7-21-39,40-22-8-3-9-23-40)41-34-32-37(33-35-41)55-47-28-14-12-26-44(47)46-36-50(54-52(53(46)55)45-27-13-17-31-51(45)57-54)56-48-29-15-10-24-42(48)43-25-11-16-30-49(43)56/h1-36H/i1D,2D,4D,5D,6D,7D,10D,11D,15D,16D,18D,19D,20D,21D,24D,25D,29D,30D,32D,33D,34D,35D. The van der Waals surface area contributed by atoms with Crippen LogP contribution in [-0.2, 0) is 0 Å². The van der Waals surface area contributed by atoms with E-state index in [4.69, 9.17) is 16.4 Å². The molecule has 3 aromatic heterocycles. The van der Waals surface area contributed by atoms with Gasteiger partial charge in [-0.3, -0.25) is 0 Å². The van der Waals surface area contributed by atoms with Crippen LogP contribution in [-0.4, -0.2) is 17.2 Å². The van der Waals surface area contributed by atoms with E-state index in [0.717, 1.165) is 0 Å². The summed E-state index contributed by atoms with van der Waals surface area (Å²) in [5.41, 5.74) is 0.315. The third-order valence-electron chi connectivity index (χ3n) is 10.7. The molecule has 0 spiro atoms. The largest absolute Gasteiger partial charge is 0.309 e. The summed E-state index contributed by atoms with van der Waals surface area (Å²) < 4.78 is 208. The van der Waals surface area contributed by atoms with E-state index >= 15 is 0 Å². The number of thiophene rings is 1. The van der Waals surface area contributed by atoms with E-state index in [1.807, 2.05) is 12.1 Å². The molecule has 0 radical (unpaired) electrons. The number of para-hydroxylation sites is 3. The van der Waals surface area contributed by atoms with Crippen molar-refractivity contribution in [2.45, 2.75) is 0 Å². The maximum Gasteiger partial charge on any atom is 0.179 e. The van der Waals surface area contributed by atoms with Crippen molar-refractivity contribution in [2.75, 3.05) is 0 Å². The predicted octanol–water partition coefficient (Wildman–Crippen LogP) is 11.6. The van der Waals surface area contributed by atoms with Gasteiger partial charge < -0.3 is 9.13 Å². The van der Waals surface area contributed by atoms with Crippen molar-refractivity contribution in [1.82, 2.24) is 9.13 Å². The van der Waals surface area contributed by atoms with E-state index in [0.29, 0.717) is 42.0 Å². The van der Waals surface area contributed by atoms with Crippen molar-refractivity contribution in [3.63, 3.8) is 0 Å². The Bertz CT molecular complexity index is 4590. The molecule has 0 atom stereocenters. The zero-order chi connectivity index (χ0) is 57.4. The average Bonchev–Trinajstić information content (AvgIpc) is 4.24. The van der Waals surface area contributed by atoms with Gasteiger partial charge in [-0.05, 0) is 63.1 Å². The fraction of sp³-hybridized carbons (Fsp3) is 0. The van der Waals surface area contributed by atoms with Gasteiger partial charge in [0.2, 0.25) is 0 Å². The van der Waals surface area contributed by atoms with Crippen LogP contribution in [0, 0.1) is 0 Å². The molecule has 0 unspecified atom stereocenters. The maximum absolute atomic E-state index is 10.3. The molecule has 4 heteroatoms. The van der Waals surface area contributed by atoms with Crippen LogP contribution in [0.15, 0.2) is 218 Å². The number of aromatic nitrogens is 2. The number of nitrogens with zero attached hydrogens (tertiary/aromatic N) is 2. The molecule has 0 aliphatic carbocycles. The Balaban J connectivity index is 1.29. The van der Waals surface area contributed by atoms with Crippen molar-refractivity contribution < 1.29 is 30.2 Å². The second-order valence-corrected chi connectivity index (χ2v) is 18.2. The van der Waals surface area contributed by atoms with Gasteiger partial charge in [0.05, 0.1) is 62.6 Å². The fourth-order valence-electron chi connectivity index (χ4n) is 8.36. The van der Waals surface area contributed by atoms with Gasteiger partial charge in [-0.2, -0.15) is 0 Å². The Hall–Kier alpha value is -6.98. The smallest absolute Gasteiger partial charge is 0.179 e. The van der Waals surface area contributed by atoms with E-state index in [1.165, 1.54) is 40.2 Å². The van der Waals surface area contributed by atoms with E-state index in [9.17, 15) is 13.7 Å². The lowest BCUT2D eigenvalue weighted by atomic mass is 10.1. The Morgan fingerprint density at radius 1 is 0.414 bits per heavy atom. The molecule has 12 rings (SSSR count). The SMILES string of the molecule is [2H]c1c([2H])c([2H])c([Si](c2ccccc2)(c2c([2H])c([2H])c([2H])c([2H])c2[2H])c2c([2H])c([2H])c(-n3c4ccccc4c4cc(-n5c6c([2H])c([2H])c([2H])c([2H])c6c6c([2H])c([2H])c([2H])c([2H])c65)c5sc6ccccc6c5c43)c([2H])c2[2H])c([2H])c1[2H]. The van der Waals surface area contributed by atoms with E-state index in [1.54, 1.807) is 53.1 Å². The molecule has 272 valence electrons. The van der Waals surface area contributed by atoms with Gasteiger partial charge in [0.15, 0.2) is 8.07 Å². The summed E-state index contributed by atoms with van der Waals surface area (Å²) in [6.45, 7) is 0. The first kappa shape index (κ1) is 18.1. The summed E-state index contributed by atoms with van der Waals surface area (Å²) in [5, 5.41) is -0.0453. The summed E-state index contributed by atoms with van der Waals surface area (Å²) in [5.74, 6) is 0. The zero-order valence-corrected chi connectivity index (χ0v) is 31.7. The van der Waals surface area contributed by atoms with Gasteiger partial charge in [-0.25, -0.2) is 0 Å². The van der Waals surface area contributed by atoms with Gasteiger partial charge >= 0.3 is 0 Å². The molecule has 0 aliphatic heterocycles. The first-order valence-corrected chi connectivity index (χ1v) is 21.0. The molecule has 3 heterocycles. The van der Waals surface area contributed by atoms with E-state index in [2.05, 4.69) is 0 Å². The molecule has 0 saturated heterocycles. The quantitative estimate of drug-likeness (QED) is 0.117. The number of rotatable bonds is 6. The van der Waals surface area contributed by atoms with Crippen molar-refractivity contribution in [3.05, 3.63) is 218 Å². The van der Waals surface area contributed by atoms with Crippen molar-refractivity contribution in [1.29, 1.82) is 0 Å². The van der Waals surface area contributed by atoms with Crippen LogP contribution in [0.3, 0.4) is 0 Å². The number of hydrogen-bond acceptors (Lipinski definition) is 1. The number of fused-ring (bicyclic) bond motifs is 10. The second kappa shape index (κ2) is 13.0. The molecule has 0 saturated carbocycles. The van der Waals surface area contributed by atoms with Crippen LogP contribution in [0.5, 0.6) is 0 Å². The van der Waals surface area contributed by atoms with Crippen LogP contribution in [0.2, 0.25) is 0 Å². The first-order chi connectivity index (χ1) is 37.9. The highest BCUT2D eigenvalue weighted by Gasteiger charge is 2.41. The van der Waals surface area contributed by atoms with Gasteiger partial charge in [0, 0.05) is 42.7 Å². The van der Waals surface area contributed by atoms with Crippen LogP contribution in [0.4, 0.5) is 0 Å². The molecule has 0 N–H and O–H groups in total. The number of benzene rings is 9. The minimum absolute atomic E-state index is 0.0150. The lowest BCUT2D eigenvalue weighted by molar-refractivity contribution is 1.18. The Morgan fingerprint density at radius 3 is 1.64 bits per heavy atom. The van der Waals surface area contributed by atoms with Crippen LogP contribution >= 0.6 is 11.3 Å². The molecule has 12 aromatic rings. The fourth-order valence-corrected chi connectivity index (χ4v) is 13.4. The molecular formula is C54H36N2SSi. The number of hydrogen-bond donors (Lipinski definition) is 0. The molecule has 0 aliphatic rings. The van der Waals surface area contributed by atoms with Crippen LogP contribution in [0.25, 0.3) is 75.2 Å². The highest BCUT2D eigenvalue weighted by molar-refractivity contribution is 7.26. The van der Waals surface area contributed by atoms with Crippen LogP contribution < -0.4 is 20.7 Å².